The van der Waals surface area contributed by atoms with Gasteiger partial charge >= 0.3 is 6.18 Å². The van der Waals surface area contributed by atoms with Gasteiger partial charge in [0, 0.05) is 18.9 Å². The zero-order chi connectivity index (χ0) is 18.9. The summed E-state index contributed by atoms with van der Waals surface area (Å²) >= 11 is 0. The highest BCUT2D eigenvalue weighted by Crippen LogP contribution is 2.30. The summed E-state index contributed by atoms with van der Waals surface area (Å²) in [5, 5.41) is 12.6. The van der Waals surface area contributed by atoms with E-state index >= 15 is 0 Å². The number of hydrogen-bond acceptors (Lipinski definition) is 3. The molecule has 0 spiro atoms. The molecule has 1 unspecified atom stereocenters. The Morgan fingerprint density at radius 3 is 2.77 bits per heavy atom. The van der Waals surface area contributed by atoms with E-state index < -0.39 is 23.8 Å². The number of pyridine rings is 1. The number of aryl methyl sites for hydroxylation is 1. The van der Waals surface area contributed by atoms with Crippen LogP contribution in [0.5, 0.6) is 0 Å². The Bertz CT molecular complexity index is 950. The van der Waals surface area contributed by atoms with Crippen LogP contribution in [0, 0.1) is 6.92 Å². The van der Waals surface area contributed by atoms with Crippen LogP contribution >= 0.6 is 0 Å². The average Bonchev–Trinajstić information content (AvgIpc) is 2.97. The molecule has 1 amide bonds. The number of halogens is 3. The molecule has 26 heavy (non-hydrogen) atoms. The third-order valence-corrected chi connectivity index (χ3v) is 3.89. The van der Waals surface area contributed by atoms with Crippen LogP contribution in [0.25, 0.3) is 5.65 Å². The molecule has 136 valence electrons. The van der Waals surface area contributed by atoms with E-state index in [0.717, 1.165) is 17.8 Å². The molecule has 0 fully saturated rings. The standard InChI is InChI=1S/C18H16F3N3O2/c1-11-9-24-10-13(5-6-16(24)23-11)17(26)22-8-15(25)12-3-2-4-14(7-12)18(19,20)21/h2-7,9-10,15,25H,8H2,1H3,(H,22,26). The van der Waals surface area contributed by atoms with Crippen molar-refractivity contribution in [1.82, 2.24) is 14.7 Å². The van der Waals surface area contributed by atoms with Gasteiger partial charge in [-0.1, -0.05) is 12.1 Å². The van der Waals surface area contributed by atoms with E-state index in [1.807, 2.05) is 6.92 Å². The Morgan fingerprint density at radius 2 is 2.04 bits per heavy atom. The van der Waals surface area contributed by atoms with Crippen molar-refractivity contribution in [1.29, 1.82) is 0 Å². The van der Waals surface area contributed by atoms with E-state index in [1.54, 1.807) is 28.9 Å². The van der Waals surface area contributed by atoms with Gasteiger partial charge in [-0.2, -0.15) is 13.2 Å². The van der Waals surface area contributed by atoms with E-state index in [2.05, 4.69) is 10.3 Å². The normalized spacial score (nSPS) is 13.0. The number of hydrogen-bond donors (Lipinski definition) is 2. The van der Waals surface area contributed by atoms with Crippen molar-refractivity contribution in [2.75, 3.05) is 6.54 Å². The number of nitrogens with one attached hydrogen (secondary N) is 1. The lowest BCUT2D eigenvalue weighted by atomic mass is 10.1. The monoisotopic (exact) mass is 363 g/mol. The molecule has 0 radical (unpaired) electrons. The Balaban J connectivity index is 1.68. The molecule has 5 nitrogen and oxygen atoms in total. The molecule has 0 saturated carbocycles. The maximum absolute atomic E-state index is 12.7. The highest BCUT2D eigenvalue weighted by atomic mass is 19.4. The number of aliphatic hydroxyl groups excluding tert-OH is 1. The second kappa shape index (κ2) is 6.80. The molecular formula is C18H16F3N3O2. The number of alkyl halides is 3. The van der Waals surface area contributed by atoms with Crippen LogP contribution in [0.1, 0.15) is 33.3 Å². The molecule has 1 atom stereocenters. The van der Waals surface area contributed by atoms with Crippen LogP contribution in [0.15, 0.2) is 48.8 Å². The Labute approximate surface area is 147 Å². The van der Waals surface area contributed by atoms with Crippen molar-refractivity contribution >= 4 is 11.6 Å². The summed E-state index contributed by atoms with van der Waals surface area (Å²) in [5.74, 6) is -0.440. The number of imidazole rings is 1. The number of nitrogens with zero attached hydrogens (tertiary/aromatic N) is 2. The largest absolute Gasteiger partial charge is 0.416 e. The quantitative estimate of drug-likeness (QED) is 0.748. The molecule has 2 heterocycles. The van der Waals surface area contributed by atoms with Gasteiger partial charge in [0.2, 0.25) is 0 Å². The SMILES string of the molecule is Cc1cn2cc(C(=O)NCC(O)c3cccc(C(F)(F)F)c3)ccc2n1. The van der Waals surface area contributed by atoms with Crippen LogP contribution in [-0.4, -0.2) is 26.9 Å². The molecular weight excluding hydrogens is 347 g/mol. The number of fused-ring (bicyclic) bond motifs is 1. The molecule has 2 aromatic heterocycles. The van der Waals surface area contributed by atoms with Gasteiger partial charge in [-0.25, -0.2) is 4.98 Å². The lowest BCUT2D eigenvalue weighted by Crippen LogP contribution is -2.28. The van der Waals surface area contributed by atoms with Gasteiger partial charge in [0.1, 0.15) is 5.65 Å². The lowest BCUT2D eigenvalue weighted by molar-refractivity contribution is -0.137. The maximum atomic E-state index is 12.7. The summed E-state index contributed by atoms with van der Waals surface area (Å²) in [5.41, 5.74) is 1.10. The molecule has 0 aliphatic rings. The highest BCUT2D eigenvalue weighted by molar-refractivity contribution is 5.94. The van der Waals surface area contributed by atoms with E-state index in [0.29, 0.717) is 11.2 Å². The van der Waals surface area contributed by atoms with Crippen LogP contribution in [0.3, 0.4) is 0 Å². The summed E-state index contributed by atoms with van der Waals surface area (Å²) in [4.78, 5) is 16.5. The van der Waals surface area contributed by atoms with Crippen molar-refractivity contribution < 1.29 is 23.1 Å². The van der Waals surface area contributed by atoms with Crippen molar-refractivity contribution in [2.45, 2.75) is 19.2 Å². The summed E-state index contributed by atoms with van der Waals surface area (Å²) in [6.45, 7) is 1.62. The van der Waals surface area contributed by atoms with E-state index in [-0.39, 0.29) is 12.1 Å². The smallest absolute Gasteiger partial charge is 0.387 e. The maximum Gasteiger partial charge on any atom is 0.416 e. The minimum Gasteiger partial charge on any atom is -0.387 e. The van der Waals surface area contributed by atoms with E-state index in [9.17, 15) is 23.1 Å². The first kappa shape index (κ1) is 17.9. The molecule has 0 bridgehead atoms. The first-order valence-corrected chi connectivity index (χ1v) is 7.83. The number of aromatic nitrogens is 2. The molecule has 3 rings (SSSR count). The van der Waals surface area contributed by atoms with E-state index in [4.69, 9.17) is 0 Å². The van der Waals surface area contributed by atoms with Gasteiger partial charge in [0.25, 0.3) is 5.91 Å². The third-order valence-electron chi connectivity index (χ3n) is 3.89. The van der Waals surface area contributed by atoms with Crippen molar-refractivity contribution in [3.8, 4) is 0 Å². The first-order valence-electron chi connectivity index (χ1n) is 7.83. The predicted octanol–water partition coefficient (Wildman–Crippen LogP) is 3.12. The summed E-state index contributed by atoms with van der Waals surface area (Å²) in [7, 11) is 0. The fraction of sp³-hybridized carbons (Fsp3) is 0.222. The summed E-state index contributed by atoms with van der Waals surface area (Å²) in [6, 6.07) is 7.68. The van der Waals surface area contributed by atoms with Gasteiger partial charge in [0.05, 0.1) is 22.9 Å². The number of benzene rings is 1. The second-order valence-corrected chi connectivity index (χ2v) is 5.91. The third kappa shape index (κ3) is 3.85. The summed E-state index contributed by atoms with van der Waals surface area (Å²) < 4.78 is 39.9. The molecule has 8 heteroatoms. The Kier molecular flexibility index (Phi) is 4.69. The summed E-state index contributed by atoms with van der Waals surface area (Å²) in [6.07, 6.45) is -2.37. The number of aliphatic hydroxyl groups is 1. The van der Waals surface area contributed by atoms with Crippen LogP contribution < -0.4 is 5.32 Å². The minimum atomic E-state index is -4.49. The molecule has 1 aromatic carbocycles. The molecule has 0 aliphatic carbocycles. The van der Waals surface area contributed by atoms with Crippen molar-refractivity contribution in [3.05, 3.63) is 71.2 Å². The predicted molar refractivity (Wildman–Crippen MR) is 88.7 cm³/mol. The van der Waals surface area contributed by atoms with Gasteiger partial charge in [0.15, 0.2) is 0 Å². The molecule has 0 aliphatic heterocycles. The number of carbonyl (C=O) groups is 1. The van der Waals surface area contributed by atoms with Gasteiger partial charge in [-0.15, -0.1) is 0 Å². The number of amides is 1. The zero-order valence-corrected chi connectivity index (χ0v) is 13.8. The fourth-order valence-corrected chi connectivity index (χ4v) is 2.58. The number of carbonyl (C=O) groups excluding carboxylic acids is 1. The van der Waals surface area contributed by atoms with E-state index in [1.165, 1.54) is 12.1 Å². The molecule has 0 saturated heterocycles. The van der Waals surface area contributed by atoms with Gasteiger partial charge in [-0.3, -0.25) is 4.79 Å². The average molecular weight is 363 g/mol. The zero-order valence-electron chi connectivity index (χ0n) is 13.8. The van der Waals surface area contributed by atoms with Crippen LogP contribution in [0.4, 0.5) is 13.2 Å². The van der Waals surface area contributed by atoms with Crippen LogP contribution in [-0.2, 0) is 6.18 Å². The van der Waals surface area contributed by atoms with Crippen molar-refractivity contribution in [2.24, 2.45) is 0 Å². The second-order valence-electron chi connectivity index (χ2n) is 5.91. The molecule has 3 aromatic rings. The Hall–Kier alpha value is -2.87. The van der Waals surface area contributed by atoms with Crippen molar-refractivity contribution in [3.63, 3.8) is 0 Å². The van der Waals surface area contributed by atoms with Crippen LogP contribution in [0.2, 0.25) is 0 Å². The lowest BCUT2D eigenvalue weighted by Gasteiger charge is -2.14. The van der Waals surface area contributed by atoms with Gasteiger partial charge < -0.3 is 14.8 Å². The topological polar surface area (TPSA) is 66.6 Å². The van der Waals surface area contributed by atoms with Gasteiger partial charge in [-0.05, 0) is 36.8 Å². The fourth-order valence-electron chi connectivity index (χ4n) is 2.58. The molecule has 2 N–H and O–H groups in total. The Morgan fingerprint density at radius 1 is 1.27 bits per heavy atom. The first-order chi connectivity index (χ1) is 12.2. The number of rotatable bonds is 4. The minimum absolute atomic E-state index is 0.0841. The highest BCUT2D eigenvalue weighted by Gasteiger charge is 2.30.